The molecule has 0 aliphatic rings. The Morgan fingerprint density at radius 1 is 0.714 bits per heavy atom. The first-order chi connectivity index (χ1) is 6.72. The fourth-order valence-electron chi connectivity index (χ4n) is 1.73. The van der Waals surface area contributed by atoms with E-state index in [-0.39, 0.29) is 11.8 Å². The van der Waals surface area contributed by atoms with Crippen LogP contribution in [0.1, 0.15) is 0 Å². The Morgan fingerprint density at radius 2 is 1.21 bits per heavy atom. The molecule has 0 unspecified atom stereocenters. The van der Waals surface area contributed by atoms with Crippen LogP contribution in [0.5, 0.6) is 11.8 Å². The number of H-pyrrole nitrogens is 2. The van der Waals surface area contributed by atoms with E-state index >= 15 is 0 Å². The van der Waals surface area contributed by atoms with Gasteiger partial charge in [-0.1, -0.05) is 0 Å². The highest BCUT2D eigenvalue weighted by atomic mass is 16.3. The van der Waals surface area contributed by atoms with Crippen molar-refractivity contribution in [3.8, 4) is 11.8 Å². The van der Waals surface area contributed by atoms with Crippen molar-refractivity contribution >= 4 is 21.8 Å². The standard InChI is InChI=1S/C10H8N2O2/c13-9-2-5-1-6-3-10(14)12-8(6)4-7(5)11-9/h1-4,11-14H. The lowest BCUT2D eigenvalue weighted by atomic mass is 10.2. The summed E-state index contributed by atoms with van der Waals surface area (Å²) in [5, 5.41) is 20.3. The first kappa shape index (κ1) is 7.32. The summed E-state index contributed by atoms with van der Waals surface area (Å²) in [6, 6.07) is 7.05. The predicted molar refractivity (Wildman–Crippen MR) is 53.5 cm³/mol. The zero-order valence-electron chi connectivity index (χ0n) is 7.20. The molecule has 0 spiro atoms. The fraction of sp³-hybridized carbons (Fsp3) is 0. The maximum atomic E-state index is 9.24. The van der Waals surface area contributed by atoms with E-state index in [9.17, 15) is 10.2 Å². The molecule has 0 aliphatic carbocycles. The number of aromatic hydroxyl groups is 2. The van der Waals surface area contributed by atoms with E-state index in [4.69, 9.17) is 0 Å². The van der Waals surface area contributed by atoms with Crippen molar-refractivity contribution in [3.05, 3.63) is 24.3 Å². The first-order valence-electron chi connectivity index (χ1n) is 4.26. The van der Waals surface area contributed by atoms with Gasteiger partial charge >= 0.3 is 0 Å². The summed E-state index contributed by atoms with van der Waals surface area (Å²) in [5.74, 6) is 0.300. The molecule has 3 rings (SSSR count). The quantitative estimate of drug-likeness (QED) is 0.436. The lowest BCUT2D eigenvalue weighted by molar-refractivity contribution is 0.458. The van der Waals surface area contributed by atoms with Gasteiger partial charge in [0.15, 0.2) is 11.8 Å². The molecule has 3 aromatic rings. The second-order valence-corrected chi connectivity index (χ2v) is 3.34. The number of rotatable bonds is 0. The molecular formula is C10H8N2O2. The van der Waals surface area contributed by atoms with Gasteiger partial charge in [0.1, 0.15) is 0 Å². The first-order valence-corrected chi connectivity index (χ1v) is 4.26. The highest BCUT2D eigenvalue weighted by Gasteiger charge is 2.04. The number of benzene rings is 1. The van der Waals surface area contributed by atoms with Crippen molar-refractivity contribution < 1.29 is 10.2 Å². The van der Waals surface area contributed by atoms with E-state index in [1.165, 1.54) is 0 Å². The Balaban J connectivity index is 2.49. The van der Waals surface area contributed by atoms with Gasteiger partial charge in [0.05, 0.1) is 11.0 Å². The van der Waals surface area contributed by atoms with E-state index in [1.54, 1.807) is 12.1 Å². The Morgan fingerprint density at radius 3 is 1.71 bits per heavy atom. The zero-order valence-corrected chi connectivity index (χ0v) is 7.20. The Kier molecular flexibility index (Phi) is 1.16. The molecule has 1 aromatic carbocycles. The minimum absolute atomic E-state index is 0.150. The van der Waals surface area contributed by atoms with Crippen molar-refractivity contribution in [2.75, 3.05) is 0 Å². The van der Waals surface area contributed by atoms with Gasteiger partial charge in [-0.05, 0) is 12.1 Å². The lowest BCUT2D eigenvalue weighted by Crippen LogP contribution is -1.69. The van der Waals surface area contributed by atoms with Crippen LogP contribution in [-0.4, -0.2) is 20.2 Å². The van der Waals surface area contributed by atoms with Crippen LogP contribution in [0.3, 0.4) is 0 Å². The van der Waals surface area contributed by atoms with E-state index < -0.39 is 0 Å². The van der Waals surface area contributed by atoms with Gasteiger partial charge in [0, 0.05) is 22.9 Å². The van der Waals surface area contributed by atoms with E-state index in [2.05, 4.69) is 9.97 Å². The van der Waals surface area contributed by atoms with Crippen LogP contribution in [0.25, 0.3) is 21.8 Å². The molecule has 0 bridgehead atoms. The topological polar surface area (TPSA) is 72.0 Å². The lowest BCUT2D eigenvalue weighted by Gasteiger charge is -1.90. The number of hydrogen-bond acceptors (Lipinski definition) is 2. The van der Waals surface area contributed by atoms with E-state index in [0.717, 1.165) is 21.8 Å². The second kappa shape index (κ2) is 2.23. The number of hydrogen-bond donors (Lipinski definition) is 4. The molecule has 2 aromatic heterocycles. The molecule has 4 nitrogen and oxygen atoms in total. The van der Waals surface area contributed by atoms with Crippen molar-refractivity contribution in [1.82, 2.24) is 9.97 Å². The molecule has 4 N–H and O–H groups in total. The number of aromatic nitrogens is 2. The Labute approximate surface area is 78.8 Å². The monoisotopic (exact) mass is 188 g/mol. The Bertz CT molecular complexity index is 519. The highest BCUT2D eigenvalue weighted by molar-refractivity contribution is 5.96. The predicted octanol–water partition coefficient (Wildman–Crippen LogP) is 2.06. The van der Waals surface area contributed by atoms with Crippen LogP contribution in [-0.2, 0) is 0 Å². The molecule has 0 atom stereocenters. The van der Waals surface area contributed by atoms with Crippen LogP contribution in [0, 0.1) is 0 Å². The molecular weight excluding hydrogens is 180 g/mol. The Hall–Kier alpha value is -2.10. The second-order valence-electron chi connectivity index (χ2n) is 3.34. The molecule has 14 heavy (non-hydrogen) atoms. The normalized spacial score (nSPS) is 11.4. The van der Waals surface area contributed by atoms with Gasteiger partial charge in [0.25, 0.3) is 0 Å². The summed E-state index contributed by atoms with van der Waals surface area (Å²) in [4.78, 5) is 5.63. The maximum absolute atomic E-state index is 9.24. The van der Waals surface area contributed by atoms with Gasteiger partial charge in [-0.25, -0.2) is 0 Å². The molecule has 70 valence electrons. The molecule has 4 heteroatoms. The summed E-state index contributed by atoms with van der Waals surface area (Å²) in [7, 11) is 0. The molecule has 0 amide bonds. The van der Waals surface area contributed by atoms with Crippen LogP contribution in [0.4, 0.5) is 0 Å². The minimum atomic E-state index is 0.150. The number of fused-ring (bicyclic) bond motifs is 2. The third-order valence-corrected chi connectivity index (χ3v) is 2.33. The number of aromatic amines is 2. The van der Waals surface area contributed by atoms with E-state index in [1.807, 2.05) is 12.1 Å². The van der Waals surface area contributed by atoms with Crippen molar-refractivity contribution in [3.63, 3.8) is 0 Å². The maximum Gasteiger partial charge on any atom is 0.189 e. The molecule has 2 heterocycles. The summed E-state index contributed by atoms with van der Waals surface area (Å²) in [6.45, 7) is 0. The minimum Gasteiger partial charge on any atom is -0.495 e. The third-order valence-electron chi connectivity index (χ3n) is 2.33. The molecule has 0 radical (unpaired) electrons. The van der Waals surface area contributed by atoms with Gasteiger partial charge in [-0.2, -0.15) is 0 Å². The highest BCUT2D eigenvalue weighted by Crippen LogP contribution is 2.27. The largest absolute Gasteiger partial charge is 0.495 e. The molecule has 0 fully saturated rings. The van der Waals surface area contributed by atoms with Gasteiger partial charge < -0.3 is 20.2 Å². The van der Waals surface area contributed by atoms with E-state index in [0.29, 0.717) is 0 Å². The fourth-order valence-corrected chi connectivity index (χ4v) is 1.73. The molecule has 0 saturated heterocycles. The number of nitrogens with one attached hydrogen (secondary N) is 2. The van der Waals surface area contributed by atoms with Crippen LogP contribution >= 0.6 is 0 Å². The SMILES string of the molecule is Oc1cc2cc3cc(O)[nH]c3cc2[nH]1. The summed E-state index contributed by atoms with van der Waals surface area (Å²) in [6.07, 6.45) is 0. The average molecular weight is 188 g/mol. The van der Waals surface area contributed by atoms with Gasteiger partial charge in [-0.15, -0.1) is 0 Å². The smallest absolute Gasteiger partial charge is 0.189 e. The van der Waals surface area contributed by atoms with Gasteiger partial charge in [0.2, 0.25) is 0 Å². The third kappa shape index (κ3) is 0.877. The molecule has 0 saturated carbocycles. The summed E-state index contributed by atoms with van der Waals surface area (Å²) in [5.41, 5.74) is 1.69. The van der Waals surface area contributed by atoms with Crippen LogP contribution in [0.2, 0.25) is 0 Å². The molecule has 0 aliphatic heterocycles. The van der Waals surface area contributed by atoms with Crippen molar-refractivity contribution in [1.29, 1.82) is 0 Å². The summed E-state index contributed by atoms with van der Waals surface area (Å²) >= 11 is 0. The van der Waals surface area contributed by atoms with Crippen LogP contribution in [0.15, 0.2) is 24.3 Å². The van der Waals surface area contributed by atoms with Gasteiger partial charge in [-0.3, -0.25) is 0 Å². The van der Waals surface area contributed by atoms with Crippen molar-refractivity contribution in [2.45, 2.75) is 0 Å². The summed E-state index contributed by atoms with van der Waals surface area (Å²) < 4.78 is 0. The average Bonchev–Trinajstić information content (AvgIpc) is 2.59. The van der Waals surface area contributed by atoms with Crippen LogP contribution < -0.4 is 0 Å². The zero-order chi connectivity index (χ0) is 9.71. The van der Waals surface area contributed by atoms with Crippen molar-refractivity contribution in [2.24, 2.45) is 0 Å².